The maximum Gasteiger partial charge on any atom is 0.472 e. The van der Waals surface area contributed by atoms with Crippen LogP contribution in [0.25, 0.3) is 0 Å². The summed E-state index contributed by atoms with van der Waals surface area (Å²) < 4.78 is 65.1. The van der Waals surface area contributed by atoms with Crippen LogP contribution in [0.2, 0.25) is 0 Å². The van der Waals surface area contributed by atoms with Crippen LogP contribution in [0.5, 0.6) is 0 Å². The van der Waals surface area contributed by atoms with Crippen molar-refractivity contribution < 1.29 is 85.3 Å². The van der Waals surface area contributed by atoms with Gasteiger partial charge >= 0.3 is 31.3 Å². The first-order valence-electron chi connectivity index (χ1n) is 6.53. The molecular weight excluding hydrogens is 484 g/mol. The van der Waals surface area contributed by atoms with Crippen LogP contribution in [0.1, 0.15) is 0 Å². The molecule has 1 aliphatic heterocycles. The molecule has 0 unspecified atom stereocenters. The van der Waals surface area contributed by atoms with Crippen molar-refractivity contribution in [1.82, 2.24) is 0 Å². The molecule has 0 aromatic rings. The predicted molar refractivity (Wildman–Crippen MR) is 79.6 cm³/mol. The number of aliphatic hydroxyl groups is 1. The van der Waals surface area contributed by atoms with Crippen molar-refractivity contribution in [3.8, 4) is 0 Å². The lowest BCUT2D eigenvalue weighted by Crippen LogP contribution is -2.60. The fourth-order valence-corrected chi connectivity index (χ4v) is 3.91. The normalized spacial score (nSPS) is 30.4. The van der Waals surface area contributed by atoms with E-state index in [0.717, 1.165) is 0 Å². The lowest BCUT2D eigenvalue weighted by molar-refractivity contribution is -0.273. The summed E-state index contributed by atoms with van der Waals surface area (Å²) in [5.41, 5.74) is 0. The third kappa shape index (κ3) is 9.91. The lowest BCUT2D eigenvalue weighted by atomic mass is 9.99. The highest BCUT2D eigenvalue weighted by atomic mass is 31.2. The third-order valence-electron chi connectivity index (χ3n) is 2.78. The minimum Gasteiger partial charge on any atom is -0.385 e. The molecule has 9 N–H and O–H groups in total. The van der Waals surface area contributed by atoms with E-state index in [1.807, 2.05) is 0 Å². The van der Waals surface area contributed by atoms with Gasteiger partial charge in [0.25, 0.3) is 0 Å². The van der Waals surface area contributed by atoms with Crippen molar-refractivity contribution in [2.75, 3.05) is 6.61 Å². The number of phosphoric ester groups is 4. The van der Waals surface area contributed by atoms with Crippen molar-refractivity contribution in [2.45, 2.75) is 30.7 Å². The number of aliphatic hydroxyl groups excluding tert-OH is 1. The Hall–Kier alpha value is 0.360. The molecule has 22 heteroatoms. The molecule has 168 valence electrons. The van der Waals surface area contributed by atoms with Crippen molar-refractivity contribution >= 4 is 31.3 Å². The van der Waals surface area contributed by atoms with Crippen molar-refractivity contribution in [3.05, 3.63) is 0 Å². The molecule has 1 fully saturated rings. The molecule has 0 aliphatic carbocycles. The zero-order valence-corrected chi connectivity index (χ0v) is 16.7. The van der Waals surface area contributed by atoms with Gasteiger partial charge in [-0.1, -0.05) is 0 Å². The number of ether oxygens (including phenoxy) is 1. The Kier molecular flexibility index (Phi) is 8.71. The number of rotatable bonds is 9. The van der Waals surface area contributed by atoms with Gasteiger partial charge in [-0.25, -0.2) is 18.3 Å². The Balaban J connectivity index is 3.30. The van der Waals surface area contributed by atoms with Gasteiger partial charge in [-0.3, -0.25) is 18.1 Å². The highest BCUT2D eigenvalue weighted by Crippen LogP contribution is 2.49. The van der Waals surface area contributed by atoms with Crippen LogP contribution < -0.4 is 0 Å². The Labute approximate surface area is 154 Å². The Bertz CT molecular complexity index is 688. The van der Waals surface area contributed by atoms with Crippen LogP contribution in [0.4, 0.5) is 0 Å². The molecule has 0 bridgehead atoms. The van der Waals surface area contributed by atoms with Gasteiger partial charge in [-0.05, 0) is 0 Å². The summed E-state index contributed by atoms with van der Waals surface area (Å²) in [6.45, 7) is -1.30. The smallest absolute Gasteiger partial charge is 0.385 e. The average Bonchev–Trinajstić information content (AvgIpc) is 2.39. The molecule has 5 atom stereocenters. The van der Waals surface area contributed by atoms with E-state index in [-0.39, 0.29) is 0 Å². The van der Waals surface area contributed by atoms with Crippen LogP contribution in [0.15, 0.2) is 0 Å². The molecule has 28 heavy (non-hydrogen) atoms. The van der Waals surface area contributed by atoms with Gasteiger partial charge in [0.1, 0.15) is 24.4 Å². The number of hydrogen-bond donors (Lipinski definition) is 9. The highest BCUT2D eigenvalue weighted by Gasteiger charge is 2.53. The topological polar surface area (TPSA) is 296 Å². The van der Waals surface area contributed by atoms with E-state index in [0.29, 0.717) is 0 Å². The van der Waals surface area contributed by atoms with Gasteiger partial charge in [0, 0.05) is 0 Å². The summed E-state index contributed by atoms with van der Waals surface area (Å²) >= 11 is 0. The number of phosphoric acid groups is 4. The molecule has 18 nitrogen and oxygen atoms in total. The molecule has 0 radical (unpaired) electrons. The molecule has 1 aliphatic rings. The third-order valence-corrected chi connectivity index (χ3v) is 4.78. The van der Waals surface area contributed by atoms with E-state index in [4.69, 9.17) is 43.9 Å². The fourth-order valence-electron chi connectivity index (χ4n) is 1.99. The zero-order valence-electron chi connectivity index (χ0n) is 13.1. The molecule has 1 saturated heterocycles. The maximum absolute atomic E-state index is 11.1. The highest BCUT2D eigenvalue weighted by molar-refractivity contribution is 7.47. The summed E-state index contributed by atoms with van der Waals surface area (Å²) in [4.78, 5) is 70.7. The van der Waals surface area contributed by atoms with E-state index in [2.05, 4.69) is 18.1 Å². The summed E-state index contributed by atoms with van der Waals surface area (Å²) in [6, 6.07) is 0. The molecule has 0 amide bonds. The molecule has 0 spiro atoms. The first-order valence-corrected chi connectivity index (χ1v) is 12.6. The summed E-state index contributed by atoms with van der Waals surface area (Å²) in [7, 11) is -21.7. The van der Waals surface area contributed by atoms with Gasteiger partial charge in [0.15, 0.2) is 6.29 Å². The van der Waals surface area contributed by atoms with E-state index >= 15 is 0 Å². The van der Waals surface area contributed by atoms with E-state index < -0.39 is 68.6 Å². The fraction of sp³-hybridized carbons (Fsp3) is 1.00. The second-order valence-electron chi connectivity index (χ2n) is 5.04. The second kappa shape index (κ2) is 9.24. The van der Waals surface area contributed by atoms with Gasteiger partial charge in [0.05, 0.1) is 6.61 Å². The van der Waals surface area contributed by atoms with Crippen LogP contribution in [0.3, 0.4) is 0 Å². The molecule has 1 rings (SSSR count). The first-order chi connectivity index (χ1) is 12.3. The van der Waals surface area contributed by atoms with E-state index in [1.54, 1.807) is 0 Å². The van der Waals surface area contributed by atoms with Crippen LogP contribution in [-0.4, -0.2) is 81.6 Å². The molecule has 0 aromatic heterocycles. The standard InChI is InChI=1S/C6H16O18P4/c7-3-5(23-27(14,15)16)4(22-26(11,12)13)2(1-20-25(8,9)10)21-6(3)24-28(17,18)19/h2-7H,1H2,(H2,8,9,10)(H2,11,12,13)(H2,14,15,16)(H2,17,18,19)/t2-,3-,4-,5-,6+/m1/s1. The number of hydrogen-bond acceptors (Lipinski definition) is 10. The molecule has 0 saturated carbocycles. The molecular formula is C6H16O18P4. The summed E-state index contributed by atoms with van der Waals surface area (Å²) in [6.07, 6.45) is -11.9. The summed E-state index contributed by atoms with van der Waals surface area (Å²) in [5.74, 6) is 0. The van der Waals surface area contributed by atoms with Gasteiger partial charge in [-0.15, -0.1) is 0 Å². The summed E-state index contributed by atoms with van der Waals surface area (Å²) in [5, 5.41) is 9.98. The van der Waals surface area contributed by atoms with Crippen LogP contribution >= 0.6 is 31.3 Å². The largest absolute Gasteiger partial charge is 0.472 e. The first kappa shape index (κ1) is 26.4. The maximum atomic E-state index is 11.1. The van der Waals surface area contributed by atoms with Gasteiger partial charge < -0.3 is 49.0 Å². The zero-order chi connectivity index (χ0) is 22.1. The van der Waals surface area contributed by atoms with Crippen LogP contribution in [-0.2, 0) is 41.1 Å². The van der Waals surface area contributed by atoms with Crippen molar-refractivity contribution in [1.29, 1.82) is 0 Å². The average molecular weight is 500 g/mol. The Morgan fingerprint density at radius 3 is 1.50 bits per heavy atom. The molecule has 0 aromatic carbocycles. The Morgan fingerprint density at radius 2 is 1.11 bits per heavy atom. The second-order valence-corrected chi connectivity index (χ2v) is 9.85. The van der Waals surface area contributed by atoms with Crippen molar-refractivity contribution in [3.63, 3.8) is 0 Å². The van der Waals surface area contributed by atoms with Gasteiger partial charge in [0.2, 0.25) is 0 Å². The van der Waals surface area contributed by atoms with Gasteiger partial charge in [-0.2, -0.15) is 0 Å². The minimum atomic E-state index is -5.52. The van der Waals surface area contributed by atoms with E-state index in [1.165, 1.54) is 0 Å². The quantitative estimate of drug-likeness (QED) is 0.145. The minimum absolute atomic E-state index is 1.30. The van der Waals surface area contributed by atoms with Crippen molar-refractivity contribution in [2.24, 2.45) is 0 Å². The Morgan fingerprint density at radius 1 is 0.679 bits per heavy atom. The lowest BCUT2D eigenvalue weighted by Gasteiger charge is -2.43. The molecule has 1 heterocycles. The SMILES string of the molecule is O=P(O)(O)OC[C@H]1O[C@@H](OP(=O)(O)O)[C@H](O)[C@@H](OP(=O)(O)O)[C@@H]1OP(=O)(O)O. The van der Waals surface area contributed by atoms with E-state index in [9.17, 15) is 23.4 Å². The monoisotopic (exact) mass is 500 g/mol. The predicted octanol–water partition coefficient (Wildman–Crippen LogP) is -2.75. The van der Waals surface area contributed by atoms with Crippen LogP contribution in [0, 0.1) is 0 Å².